The molecule has 0 spiro atoms. The maximum absolute atomic E-state index is 6.18. The highest BCUT2D eigenvalue weighted by Crippen LogP contribution is 2.26. The van der Waals surface area contributed by atoms with E-state index in [-0.39, 0.29) is 0 Å². The van der Waals surface area contributed by atoms with E-state index in [0.717, 1.165) is 16.7 Å². The van der Waals surface area contributed by atoms with Crippen LogP contribution in [0.2, 0.25) is 0 Å². The molecule has 1 aromatic carbocycles. The Morgan fingerprint density at radius 2 is 1.86 bits per heavy atom. The lowest BCUT2D eigenvalue weighted by Crippen LogP contribution is -2.10. The van der Waals surface area contributed by atoms with Gasteiger partial charge in [-0.2, -0.15) is 5.10 Å². The Morgan fingerprint density at radius 3 is 2.57 bits per heavy atom. The summed E-state index contributed by atoms with van der Waals surface area (Å²) in [6.45, 7) is 2.25. The van der Waals surface area contributed by atoms with Gasteiger partial charge in [-0.1, -0.05) is 30.3 Å². The molecule has 0 fully saturated rings. The van der Waals surface area contributed by atoms with Crippen molar-refractivity contribution in [2.45, 2.75) is 13.5 Å². The molecule has 106 valence electrons. The fourth-order valence-corrected chi connectivity index (χ4v) is 2.16. The summed E-state index contributed by atoms with van der Waals surface area (Å²) in [6.07, 6.45) is 3.47. The summed E-state index contributed by atoms with van der Waals surface area (Å²) in [6, 6.07) is 9.91. The second kappa shape index (κ2) is 5.24. The van der Waals surface area contributed by atoms with Gasteiger partial charge in [-0.25, -0.2) is 14.6 Å². The third-order valence-corrected chi connectivity index (χ3v) is 3.30. The molecule has 6 heteroatoms. The Balaban J connectivity index is 1.93. The second-order valence-corrected chi connectivity index (χ2v) is 4.79. The van der Waals surface area contributed by atoms with Crippen molar-refractivity contribution in [1.29, 1.82) is 0 Å². The Bertz CT molecular complexity index is 763. The molecule has 0 aliphatic carbocycles. The maximum atomic E-state index is 6.18. The normalized spacial score (nSPS) is 10.7. The zero-order chi connectivity index (χ0) is 14.8. The van der Waals surface area contributed by atoms with Gasteiger partial charge in [0.15, 0.2) is 0 Å². The van der Waals surface area contributed by atoms with Gasteiger partial charge in [0.05, 0.1) is 12.7 Å². The van der Waals surface area contributed by atoms with Crippen LogP contribution in [-0.2, 0) is 6.54 Å². The molecule has 2 aromatic heterocycles. The van der Waals surface area contributed by atoms with Gasteiger partial charge in [0.1, 0.15) is 17.5 Å². The van der Waals surface area contributed by atoms with Crippen molar-refractivity contribution in [3.8, 4) is 11.1 Å². The Hall–Kier alpha value is -2.89. The van der Waals surface area contributed by atoms with Crippen LogP contribution in [-0.4, -0.2) is 19.7 Å². The molecule has 0 amide bonds. The number of nitrogen functional groups attached to an aromatic ring is 2. The van der Waals surface area contributed by atoms with E-state index in [1.165, 1.54) is 0 Å². The van der Waals surface area contributed by atoms with Crippen LogP contribution < -0.4 is 11.5 Å². The number of nitrogens with zero attached hydrogens (tertiary/aromatic N) is 4. The van der Waals surface area contributed by atoms with Crippen LogP contribution in [0, 0.1) is 6.92 Å². The number of anilines is 2. The van der Waals surface area contributed by atoms with Crippen molar-refractivity contribution < 1.29 is 0 Å². The fourth-order valence-electron chi connectivity index (χ4n) is 2.16. The first-order valence-electron chi connectivity index (χ1n) is 6.60. The van der Waals surface area contributed by atoms with Crippen LogP contribution in [0.4, 0.5) is 11.6 Å². The maximum Gasteiger partial charge on any atom is 0.132 e. The summed E-state index contributed by atoms with van der Waals surface area (Å²) < 4.78 is 1.70. The molecule has 0 bridgehead atoms. The van der Waals surface area contributed by atoms with Gasteiger partial charge in [-0.3, -0.25) is 0 Å². The van der Waals surface area contributed by atoms with Crippen LogP contribution in [0.15, 0.2) is 42.7 Å². The van der Waals surface area contributed by atoms with Crippen LogP contribution in [0.25, 0.3) is 11.1 Å². The summed E-state index contributed by atoms with van der Waals surface area (Å²) in [5, 5.41) is 4.33. The first kappa shape index (κ1) is 13.1. The van der Waals surface area contributed by atoms with E-state index < -0.39 is 0 Å². The van der Waals surface area contributed by atoms with E-state index in [9.17, 15) is 0 Å². The lowest BCUT2D eigenvalue weighted by Gasteiger charge is -2.07. The zero-order valence-corrected chi connectivity index (χ0v) is 11.7. The first-order valence-corrected chi connectivity index (χ1v) is 6.60. The number of rotatable bonds is 3. The highest BCUT2D eigenvalue weighted by Gasteiger charge is 2.11. The van der Waals surface area contributed by atoms with E-state index in [0.29, 0.717) is 24.0 Å². The molecule has 0 radical (unpaired) electrons. The number of aromatic nitrogens is 4. The smallest absolute Gasteiger partial charge is 0.132 e. The quantitative estimate of drug-likeness (QED) is 0.763. The summed E-state index contributed by atoms with van der Waals surface area (Å²) in [7, 11) is 0. The number of benzene rings is 1. The van der Waals surface area contributed by atoms with Crippen molar-refractivity contribution >= 4 is 11.6 Å². The van der Waals surface area contributed by atoms with Crippen molar-refractivity contribution in [2.24, 2.45) is 0 Å². The topological polar surface area (TPSA) is 95.6 Å². The minimum Gasteiger partial charge on any atom is -0.383 e. The SMILES string of the molecule is Cc1ncc(Cn2ncc(-c3ccccc3)c2N)c(N)n1. The monoisotopic (exact) mass is 280 g/mol. The third-order valence-electron chi connectivity index (χ3n) is 3.30. The van der Waals surface area contributed by atoms with Gasteiger partial charge in [-0.05, 0) is 12.5 Å². The van der Waals surface area contributed by atoms with Gasteiger partial charge < -0.3 is 11.5 Å². The van der Waals surface area contributed by atoms with Gasteiger partial charge >= 0.3 is 0 Å². The Kier molecular flexibility index (Phi) is 3.27. The van der Waals surface area contributed by atoms with Crippen LogP contribution in [0.1, 0.15) is 11.4 Å². The second-order valence-electron chi connectivity index (χ2n) is 4.79. The van der Waals surface area contributed by atoms with E-state index in [2.05, 4.69) is 15.1 Å². The fraction of sp³-hybridized carbons (Fsp3) is 0.133. The van der Waals surface area contributed by atoms with Crippen molar-refractivity contribution in [2.75, 3.05) is 11.5 Å². The van der Waals surface area contributed by atoms with Gasteiger partial charge in [0.2, 0.25) is 0 Å². The van der Waals surface area contributed by atoms with E-state index in [1.807, 2.05) is 30.3 Å². The molecule has 0 saturated heterocycles. The first-order chi connectivity index (χ1) is 10.1. The van der Waals surface area contributed by atoms with Gasteiger partial charge in [0, 0.05) is 17.3 Å². The number of nitrogens with two attached hydrogens (primary N) is 2. The molecule has 21 heavy (non-hydrogen) atoms. The van der Waals surface area contributed by atoms with Crippen molar-refractivity contribution in [1.82, 2.24) is 19.7 Å². The van der Waals surface area contributed by atoms with Gasteiger partial charge in [-0.15, -0.1) is 0 Å². The molecular weight excluding hydrogens is 264 g/mol. The largest absolute Gasteiger partial charge is 0.383 e. The standard InChI is InChI=1S/C15H16N6/c1-10-18-7-12(14(16)20-10)9-21-15(17)13(8-19-21)11-5-3-2-4-6-11/h2-8H,9,17H2,1H3,(H2,16,18,20). The van der Waals surface area contributed by atoms with E-state index in [1.54, 1.807) is 24.0 Å². The molecule has 3 aromatic rings. The minimum absolute atomic E-state index is 0.449. The Morgan fingerprint density at radius 1 is 1.10 bits per heavy atom. The van der Waals surface area contributed by atoms with Crippen molar-refractivity contribution in [3.63, 3.8) is 0 Å². The molecule has 0 saturated carbocycles. The van der Waals surface area contributed by atoms with Crippen LogP contribution in [0.5, 0.6) is 0 Å². The molecule has 0 unspecified atom stereocenters. The molecule has 6 nitrogen and oxygen atoms in total. The molecule has 3 rings (SSSR count). The predicted octanol–water partition coefficient (Wildman–Crippen LogP) is 1.86. The number of hydrogen-bond acceptors (Lipinski definition) is 5. The highest BCUT2D eigenvalue weighted by molar-refractivity contribution is 5.73. The molecule has 0 aliphatic heterocycles. The number of hydrogen-bond donors (Lipinski definition) is 2. The molecule has 0 aliphatic rings. The van der Waals surface area contributed by atoms with Gasteiger partial charge in [0.25, 0.3) is 0 Å². The van der Waals surface area contributed by atoms with Crippen LogP contribution >= 0.6 is 0 Å². The lowest BCUT2D eigenvalue weighted by molar-refractivity contribution is 0.693. The van der Waals surface area contributed by atoms with E-state index >= 15 is 0 Å². The summed E-state index contributed by atoms with van der Waals surface area (Å²) >= 11 is 0. The summed E-state index contributed by atoms with van der Waals surface area (Å²) in [4.78, 5) is 8.31. The highest BCUT2D eigenvalue weighted by atomic mass is 15.3. The molecular formula is C15H16N6. The van der Waals surface area contributed by atoms with E-state index in [4.69, 9.17) is 11.5 Å². The minimum atomic E-state index is 0.449. The Labute approximate surface area is 122 Å². The van der Waals surface area contributed by atoms with Crippen molar-refractivity contribution in [3.05, 3.63) is 54.1 Å². The average Bonchev–Trinajstić information content (AvgIpc) is 2.84. The molecule has 2 heterocycles. The third kappa shape index (κ3) is 2.55. The zero-order valence-electron chi connectivity index (χ0n) is 11.7. The van der Waals surface area contributed by atoms with Crippen LogP contribution in [0.3, 0.4) is 0 Å². The average molecular weight is 280 g/mol. The molecule has 0 atom stereocenters. The molecule has 4 N–H and O–H groups in total. The predicted molar refractivity (Wildman–Crippen MR) is 82.4 cm³/mol. The lowest BCUT2D eigenvalue weighted by atomic mass is 10.1. The summed E-state index contributed by atoms with van der Waals surface area (Å²) in [5.41, 5.74) is 14.8. The summed E-state index contributed by atoms with van der Waals surface area (Å²) in [5.74, 6) is 1.70. The number of aryl methyl sites for hydroxylation is 1.